The van der Waals surface area contributed by atoms with Gasteiger partial charge >= 0.3 is 0 Å². The summed E-state index contributed by atoms with van der Waals surface area (Å²) in [5.74, 6) is -0.493. The summed E-state index contributed by atoms with van der Waals surface area (Å²) < 4.78 is 1.35. The molecule has 2 aromatic rings. The molecule has 2 N–H and O–H groups in total. The van der Waals surface area contributed by atoms with E-state index in [0.29, 0.717) is 5.56 Å². The Morgan fingerprint density at radius 3 is 2.70 bits per heavy atom. The van der Waals surface area contributed by atoms with Gasteiger partial charge in [-0.2, -0.15) is 0 Å². The molecule has 20 heavy (non-hydrogen) atoms. The third-order valence-electron chi connectivity index (χ3n) is 2.91. The average molecular weight is 312 g/mol. The van der Waals surface area contributed by atoms with E-state index in [9.17, 15) is 9.59 Å². The summed E-state index contributed by atoms with van der Waals surface area (Å²) >= 11 is 11.4. The summed E-state index contributed by atoms with van der Waals surface area (Å²) in [6.07, 6.45) is 1.33. The lowest BCUT2D eigenvalue weighted by atomic mass is 10.0. The zero-order valence-corrected chi connectivity index (χ0v) is 12.1. The minimum atomic E-state index is -0.493. The van der Waals surface area contributed by atoms with Gasteiger partial charge < -0.3 is 5.73 Å². The van der Waals surface area contributed by atoms with Crippen LogP contribution in [0.15, 0.2) is 29.3 Å². The second kappa shape index (κ2) is 5.64. The van der Waals surface area contributed by atoms with Crippen molar-refractivity contribution in [3.63, 3.8) is 0 Å². The van der Waals surface area contributed by atoms with E-state index in [1.54, 1.807) is 18.2 Å². The molecule has 0 aliphatic heterocycles. The quantitative estimate of drug-likeness (QED) is 0.881. The molecular formula is C13H11Cl2N3O2. The van der Waals surface area contributed by atoms with Gasteiger partial charge in [0.15, 0.2) is 5.15 Å². The number of amides is 1. The molecule has 0 saturated carbocycles. The van der Waals surface area contributed by atoms with Crippen LogP contribution < -0.4 is 11.3 Å². The van der Waals surface area contributed by atoms with Crippen LogP contribution >= 0.6 is 23.2 Å². The van der Waals surface area contributed by atoms with Gasteiger partial charge in [0, 0.05) is 5.56 Å². The normalized spacial score (nSPS) is 10.6. The zero-order chi connectivity index (χ0) is 14.9. The van der Waals surface area contributed by atoms with Crippen LogP contribution in [-0.4, -0.2) is 15.5 Å². The number of primary amides is 1. The molecule has 1 aromatic carbocycles. The van der Waals surface area contributed by atoms with Crippen molar-refractivity contribution in [2.24, 2.45) is 5.73 Å². The van der Waals surface area contributed by atoms with E-state index >= 15 is 0 Å². The van der Waals surface area contributed by atoms with E-state index in [0.717, 1.165) is 11.1 Å². The summed E-state index contributed by atoms with van der Waals surface area (Å²) in [4.78, 5) is 26.8. The highest BCUT2D eigenvalue weighted by atomic mass is 35.5. The minimum absolute atomic E-state index is 0.0197. The first-order valence-corrected chi connectivity index (χ1v) is 6.45. The number of aromatic nitrogens is 2. The Morgan fingerprint density at radius 2 is 2.10 bits per heavy atom. The number of nitrogens with zero attached hydrogens (tertiary/aromatic N) is 2. The maximum Gasteiger partial charge on any atom is 0.273 e. The van der Waals surface area contributed by atoms with Gasteiger partial charge in [0.25, 0.3) is 5.56 Å². The van der Waals surface area contributed by atoms with E-state index in [1.165, 1.54) is 10.9 Å². The second-order valence-electron chi connectivity index (χ2n) is 4.29. The number of benzene rings is 1. The van der Waals surface area contributed by atoms with Gasteiger partial charge in [-0.25, -0.2) is 4.98 Å². The molecular weight excluding hydrogens is 301 g/mol. The highest BCUT2D eigenvalue weighted by Crippen LogP contribution is 2.15. The number of carbonyl (C=O) groups is 1. The van der Waals surface area contributed by atoms with Crippen LogP contribution in [0.4, 0.5) is 0 Å². The van der Waals surface area contributed by atoms with Crippen molar-refractivity contribution in [1.82, 2.24) is 9.55 Å². The topological polar surface area (TPSA) is 78.0 Å². The highest BCUT2D eigenvalue weighted by Gasteiger charge is 2.10. The van der Waals surface area contributed by atoms with E-state index in [-0.39, 0.29) is 16.7 Å². The largest absolute Gasteiger partial charge is 0.366 e. The maximum absolute atomic E-state index is 11.9. The molecule has 1 amide bonds. The van der Waals surface area contributed by atoms with E-state index < -0.39 is 11.5 Å². The zero-order valence-electron chi connectivity index (χ0n) is 10.6. The lowest BCUT2D eigenvalue weighted by Crippen LogP contribution is -2.22. The number of aryl methyl sites for hydroxylation is 1. The molecule has 0 unspecified atom stereocenters. The van der Waals surface area contributed by atoms with Crippen LogP contribution in [0.2, 0.25) is 10.2 Å². The number of nitrogens with two attached hydrogens (primary N) is 1. The molecule has 1 aromatic heterocycles. The summed E-state index contributed by atoms with van der Waals surface area (Å²) in [7, 11) is 0. The Kier molecular flexibility index (Phi) is 4.11. The van der Waals surface area contributed by atoms with Crippen LogP contribution in [0, 0.1) is 6.92 Å². The fourth-order valence-corrected chi connectivity index (χ4v) is 2.05. The lowest BCUT2D eigenvalue weighted by molar-refractivity contribution is 0.1000. The Morgan fingerprint density at radius 1 is 1.40 bits per heavy atom. The number of hydrogen-bond acceptors (Lipinski definition) is 3. The molecule has 0 radical (unpaired) electrons. The first-order valence-electron chi connectivity index (χ1n) is 5.70. The van der Waals surface area contributed by atoms with Crippen molar-refractivity contribution in [2.75, 3.05) is 0 Å². The monoisotopic (exact) mass is 311 g/mol. The molecule has 0 spiro atoms. The number of halogens is 2. The van der Waals surface area contributed by atoms with Crippen LogP contribution in [0.5, 0.6) is 0 Å². The summed E-state index contributed by atoms with van der Waals surface area (Å²) in [5.41, 5.74) is 6.92. The number of carbonyl (C=O) groups excluding carboxylic acids is 1. The molecule has 0 saturated heterocycles. The molecule has 0 atom stereocenters. The summed E-state index contributed by atoms with van der Waals surface area (Å²) in [5, 5.41) is -0.130. The summed E-state index contributed by atoms with van der Waals surface area (Å²) in [6, 6.07) is 5.03. The highest BCUT2D eigenvalue weighted by molar-refractivity contribution is 6.40. The van der Waals surface area contributed by atoms with Gasteiger partial charge in [0.2, 0.25) is 5.91 Å². The predicted molar refractivity (Wildman–Crippen MR) is 77.3 cm³/mol. The molecule has 5 nitrogen and oxygen atoms in total. The lowest BCUT2D eigenvalue weighted by Gasteiger charge is -2.10. The van der Waals surface area contributed by atoms with Crippen molar-refractivity contribution < 1.29 is 4.79 Å². The van der Waals surface area contributed by atoms with E-state index in [1.807, 2.05) is 6.92 Å². The van der Waals surface area contributed by atoms with Crippen molar-refractivity contribution >= 4 is 29.1 Å². The molecule has 0 bridgehead atoms. The second-order valence-corrected chi connectivity index (χ2v) is 5.02. The van der Waals surface area contributed by atoms with Gasteiger partial charge in [0.1, 0.15) is 5.02 Å². The van der Waals surface area contributed by atoms with Gasteiger partial charge in [0.05, 0.1) is 12.9 Å². The van der Waals surface area contributed by atoms with Crippen LogP contribution in [-0.2, 0) is 6.54 Å². The third-order valence-corrected chi connectivity index (χ3v) is 3.63. The van der Waals surface area contributed by atoms with Gasteiger partial charge in [-0.1, -0.05) is 29.3 Å². The standard InChI is InChI=1S/C13H11Cl2N3O2/c1-7-4-8(12(16)19)2-3-9(7)5-18-6-17-11(15)10(14)13(18)20/h2-4,6H,5H2,1H3,(H2,16,19). The van der Waals surface area contributed by atoms with E-state index in [2.05, 4.69) is 4.98 Å². The van der Waals surface area contributed by atoms with Crippen LogP contribution in [0.1, 0.15) is 21.5 Å². The maximum atomic E-state index is 11.9. The fourth-order valence-electron chi connectivity index (χ4n) is 1.77. The van der Waals surface area contributed by atoms with Crippen molar-refractivity contribution in [2.45, 2.75) is 13.5 Å². The molecule has 0 aliphatic carbocycles. The smallest absolute Gasteiger partial charge is 0.273 e. The minimum Gasteiger partial charge on any atom is -0.366 e. The third kappa shape index (κ3) is 2.84. The van der Waals surface area contributed by atoms with Gasteiger partial charge in [-0.3, -0.25) is 14.2 Å². The van der Waals surface area contributed by atoms with Crippen LogP contribution in [0.25, 0.3) is 0 Å². The van der Waals surface area contributed by atoms with E-state index in [4.69, 9.17) is 28.9 Å². The molecule has 2 rings (SSSR count). The Balaban J connectivity index is 2.38. The van der Waals surface area contributed by atoms with Gasteiger partial charge in [-0.15, -0.1) is 0 Å². The van der Waals surface area contributed by atoms with Crippen molar-refractivity contribution in [3.8, 4) is 0 Å². The van der Waals surface area contributed by atoms with Crippen LogP contribution in [0.3, 0.4) is 0 Å². The van der Waals surface area contributed by atoms with Crippen molar-refractivity contribution in [1.29, 1.82) is 0 Å². The van der Waals surface area contributed by atoms with Crippen molar-refractivity contribution in [3.05, 3.63) is 61.7 Å². The molecule has 7 heteroatoms. The first-order chi connectivity index (χ1) is 9.40. The Hall–Kier alpha value is -1.85. The Labute approximate surface area is 125 Å². The molecule has 1 heterocycles. The molecule has 104 valence electrons. The fraction of sp³-hybridized carbons (Fsp3) is 0.154. The molecule has 0 fully saturated rings. The first kappa shape index (κ1) is 14.6. The number of rotatable bonds is 3. The van der Waals surface area contributed by atoms with Gasteiger partial charge in [-0.05, 0) is 30.2 Å². The average Bonchev–Trinajstić information content (AvgIpc) is 2.41. The summed E-state index contributed by atoms with van der Waals surface area (Å²) in [6.45, 7) is 2.12. The SMILES string of the molecule is Cc1cc(C(N)=O)ccc1Cn1cnc(Cl)c(Cl)c1=O. The number of hydrogen-bond donors (Lipinski definition) is 1. The Bertz CT molecular complexity index is 741. The predicted octanol–water partition coefficient (Wildman–Crippen LogP) is 2.01. The molecule has 0 aliphatic rings.